The second-order valence-electron chi connectivity index (χ2n) is 8.73. The first kappa shape index (κ1) is 23.2. The van der Waals surface area contributed by atoms with Crippen molar-refractivity contribution in [3.05, 3.63) is 30.1 Å². The molecule has 1 aromatic heterocycles. The Morgan fingerprint density at radius 1 is 1.06 bits per heavy atom. The molecular weight excluding hydrogens is 437 g/mol. The largest absolute Gasteiger partial charge is 0.416 e. The van der Waals surface area contributed by atoms with Gasteiger partial charge in [-0.05, 0) is 43.9 Å². The van der Waals surface area contributed by atoms with Crippen LogP contribution in [-0.2, 0) is 15.8 Å². The minimum atomic E-state index is -4.47. The highest BCUT2D eigenvalue weighted by molar-refractivity contribution is 5.91. The molecule has 8 nitrogen and oxygen atoms in total. The Labute approximate surface area is 189 Å². The van der Waals surface area contributed by atoms with Gasteiger partial charge in [0.15, 0.2) is 0 Å². The third kappa shape index (κ3) is 5.70. The van der Waals surface area contributed by atoms with Gasteiger partial charge in [-0.15, -0.1) is 0 Å². The predicted octanol–water partition coefficient (Wildman–Crippen LogP) is 2.31. The maximum absolute atomic E-state index is 13.0. The van der Waals surface area contributed by atoms with Gasteiger partial charge in [-0.25, -0.2) is 9.97 Å². The van der Waals surface area contributed by atoms with Gasteiger partial charge >= 0.3 is 6.18 Å². The molecule has 178 valence electrons. The quantitative estimate of drug-likeness (QED) is 0.607. The fraction of sp³-hybridized carbons (Fsp3) is 0.545. The Kier molecular flexibility index (Phi) is 6.68. The summed E-state index contributed by atoms with van der Waals surface area (Å²) < 4.78 is 39.1. The standard InChI is InChI=1S/C22H27F3N6O2/c1-13(32)29-15-3-5-17(6-4-15)31-10-16(11-31)30-20(33)9-26-21-18-8-14(22(23,24)25)2-7-19(18)27-12-28-21/h2,7-8,12,15-17H,3-6,9-11H2,1H3,(H,29,32)(H,30,33)(H,26,27,28). The molecule has 2 aliphatic rings. The van der Waals surface area contributed by atoms with Crippen LogP contribution in [-0.4, -0.2) is 64.4 Å². The lowest BCUT2D eigenvalue weighted by molar-refractivity contribution is -0.137. The van der Waals surface area contributed by atoms with Crippen LogP contribution in [0.3, 0.4) is 0 Å². The maximum atomic E-state index is 13.0. The van der Waals surface area contributed by atoms with Crippen LogP contribution in [0.5, 0.6) is 0 Å². The van der Waals surface area contributed by atoms with Gasteiger partial charge in [0.05, 0.1) is 23.7 Å². The molecule has 1 saturated carbocycles. The van der Waals surface area contributed by atoms with E-state index in [1.54, 1.807) is 0 Å². The van der Waals surface area contributed by atoms with Gasteiger partial charge < -0.3 is 16.0 Å². The van der Waals surface area contributed by atoms with Gasteiger partial charge in [0, 0.05) is 37.5 Å². The predicted molar refractivity (Wildman–Crippen MR) is 116 cm³/mol. The zero-order chi connectivity index (χ0) is 23.6. The van der Waals surface area contributed by atoms with E-state index in [9.17, 15) is 22.8 Å². The molecule has 2 heterocycles. The van der Waals surface area contributed by atoms with E-state index in [2.05, 4.69) is 30.8 Å². The molecule has 1 saturated heterocycles. The first-order chi connectivity index (χ1) is 15.7. The number of halogens is 3. The summed E-state index contributed by atoms with van der Waals surface area (Å²) in [6.45, 7) is 2.98. The first-order valence-corrected chi connectivity index (χ1v) is 11.1. The third-order valence-corrected chi connectivity index (χ3v) is 6.27. The Morgan fingerprint density at radius 3 is 2.45 bits per heavy atom. The second-order valence-corrected chi connectivity index (χ2v) is 8.73. The maximum Gasteiger partial charge on any atom is 0.416 e. The molecule has 11 heteroatoms. The number of amides is 2. The van der Waals surface area contributed by atoms with Crippen molar-refractivity contribution in [3.63, 3.8) is 0 Å². The van der Waals surface area contributed by atoms with Crippen LogP contribution in [0.25, 0.3) is 10.9 Å². The van der Waals surface area contributed by atoms with Crippen molar-refractivity contribution >= 4 is 28.5 Å². The number of carbonyl (C=O) groups excluding carboxylic acids is 2. The van der Waals surface area contributed by atoms with E-state index in [1.165, 1.54) is 19.3 Å². The Hall–Kier alpha value is -2.95. The number of likely N-dealkylation sites (tertiary alicyclic amines) is 1. The monoisotopic (exact) mass is 464 g/mol. The summed E-state index contributed by atoms with van der Waals surface area (Å²) in [5.74, 6) is -0.0466. The van der Waals surface area contributed by atoms with E-state index >= 15 is 0 Å². The summed E-state index contributed by atoms with van der Waals surface area (Å²) in [6, 6.07) is 4.02. The normalized spacial score (nSPS) is 21.9. The molecule has 0 atom stereocenters. The number of aromatic nitrogens is 2. The average molecular weight is 464 g/mol. The summed E-state index contributed by atoms with van der Waals surface area (Å²) in [7, 11) is 0. The number of hydrogen-bond acceptors (Lipinski definition) is 6. The van der Waals surface area contributed by atoms with Gasteiger partial charge in [0.25, 0.3) is 0 Å². The lowest BCUT2D eigenvalue weighted by atomic mass is 9.88. The van der Waals surface area contributed by atoms with Crippen molar-refractivity contribution in [3.8, 4) is 0 Å². The van der Waals surface area contributed by atoms with Gasteiger partial charge in [0.2, 0.25) is 11.8 Å². The topological polar surface area (TPSA) is 99.2 Å². The number of alkyl halides is 3. The molecule has 1 aliphatic heterocycles. The Bertz CT molecular complexity index is 1020. The molecule has 33 heavy (non-hydrogen) atoms. The highest BCUT2D eigenvalue weighted by Crippen LogP contribution is 2.32. The van der Waals surface area contributed by atoms with Crippen molar-refractivity contribution in [1.82, 2.24) is 25.5 Å². The number of anilines is 1. The SMILES string of the molecule is CC(=O)NC1CCC(N2CC(NC(=O)CNc3ncnc4ccc(C(F)(F)F)cc34)C2)CC1. The van der Waals surface area contributed by atoms with Crippen LogP contribution in [0, 0.1) is 0 Å². The summed E-state index contributed by atoms with van der Waals surface area (Å²) in [4.78, 5) is 33.9. The minimum absolute atomic E-state index is 0.00884. The molecule has 4 rings (SSSR count). The molecular formula is C22H27F3N6O2. The van der Waals surface area contributed by atoms with Gasteiger partial charge in [0.1, 0.15) is 12.1 Å². The molecule has 0 spiro atoms. The van der Waals surface area contributed by atoms with E-state index in [4.69, 9.17) is 0 Å². The number of fused-ring (bicyclic) bond motifs is 1. The number of hydrogen-bond donors (Lipinski definition) is 3. The molecule has 2 amide bonds. The van der Waals surface area contributed by atoms with Gasteiger partial charge in [-0.3, -0.25) is 14.5 Å². The number of nitrogens with one attached hydrogen (secondary N) is 3. The van der Waals surface area contributed by atoms with Gasteiger partial charge in [-0.1, -0.05) is 0 Å². The highest BCUT2D eigenvalue weighted by Gasteiger charge is 2.35. The van der Waals surface area contributed by atoms with Crippen molar-refractivity contribution in [1.29, 1.82) is 0 Å². The van der Waals surface area contributed by atoms with E-state index in [0.29, 0.717) is 11.6 Å². The highest BCUT2D eigenvalue weighted by atomic mass is 19.4. The van der Waals surface area contributed by atoms with Crippen molar-refractivity contribution in [2.45, 2.75) is 56.9 Å². The van der Waals surface area contributed by atoms with Crippen molar-refractivity contribution < 1.29 is 22.8 Å². The Balaban J connectivity index is 1.24. The summed E-state index contributed by atoms with van der Waals surface area (Å²) >= 11 is 0. The number of benzene rings is 1. The van der Waals surface area contributed by atoms with Crippen LogP contribution < -0.4 is 16.0 Å². The van der Waals surface area contributed by atoms with E-state index < -0.39 is 11.7 Å². The van der Waals surface area contributed by atoms with Crippen LogP contribution in [0.1, 0.15) is 38.2 Å². The van der Waals surface area contributed by atoms with E-state index in [1.807, 2.05) is 0 Å². The van der Waals surface area contributed by atoms with Crippen molar-refractivity contribution in [2.75, 3.05) is 25.0 Å². The summed E-state index contributed by atoms with van der Waals surface area (Å²) in [5, 5.41) is 8.97. The van der Waals surface area contributed by atoms with Crippen LogP contribution in [0.15, 0.2) is 24.5 Å². The van der Waals surface area contributed by atoms with Crippen molar-refractivity contribution in [2.24, 2.45) is 0 Å². The molecule has 2 fully saturated rings. The summed E-state index contributed by atoms with van der Waals surface area (Å²) in [6.07, 6.45) is 0.745. The van der Waals surface area contributed by atoms with Crippen LogP contribution in [0.4, 0.5) is 19.0 Å². The molecule has 3 N–H and O–H groups in total. The van der Waals surface area contributed by atoms with Gasteiger partial charge in [-0.2, -0.15) is 13.2 Å². The number of nitrogens with zero attached hydrogens (tertiary/aromatic N) is 3. The summed E-state index contributed by atoms with van der Waals surface area (Å²) in [5.41, 5.74) is -0.429. The second kappa shape index (κ2) is 9.50. The minimum Gasteiger partial charge on any atom is -0.360 e. The third-order valence-electron chi connectivity index (χ3n) is 6.27. The lowest BCUT2D eigenvalue weighted by Crippen LogP contribution is -2.63. The zero-order valence-electron chi connectivity index (χ0n) is 18.3. The van der Waals surface area contributed by atoms with Crippen LogP contribution in [0.2, 0.25) is 0 Å². The molecule has 1 aliphatic carbocycles. The number of rotatable bonds is 6. The smallest absolute Gasteiger partial charge is 0.360 e. The molecule has 0 bridgehead atoms. The Morgan fingerprint density at radius 2 is 1.79 bits per heavy atom. The fourth-order valence-corrected chi connectivity index (χ4v) is 4.59. The van der Waals surface area contributed by atoms with Crippen LogP contribution >= 0.6 is 0 Å². The first-order valence-electron chi connectivity index (χ1n) is 11.1. The molecule has 0 unspecified atom stereocenters. The zero-order valence-corrected chi connectivity index (χ0v) is 18.3. The fourth-order valence-electron chi connectivity index (χ4n) is 4.59. The van der Waals surface area contributed by atoms with E-state index in [0.717, 1.165) is 50.9 Å². The molecule has 2 aromatic rings. The van der Waals surface area contributed by atoms with E-state index in [-0.39, 0.29) is 41.6 Å². The molecule has 0 radical (unpaired) electrons. The number of carbonyl (C=O) groups is 2. The molecule has 1 aromatic carbocycles. The average Bonchev–Trinajstić information content (AvgIpc) is 2.74. The lowest BCUT2D eigenvalue weighted by Gasteiger charge is -2.46.